The number of ether oxygens (including phenoxy) is 1. The molecule has 0 aromatic carbocycles. The molecule has 1 fully saturated rings. The van der Waals surface area contributed by atoms with Crippen molar-refractivity contribution in [2.24, 2.45) is 0 Å². The molecule has 0 aliphatic carbocycles. The number of aryl methyl sites for hydroxylation is 1. The van der Waals surface area contributed by atoms with Crippen LogP contribution in [0.5, 0.6) is 0 Å². The first-order chi connectivity index (χ1) is 9.67. The molecule has 1 aromatic rings. The van der Waals surface area contributed by atoms with Gasteiger partial charge in [-0.05, 0) is 13.8 Å². The van der Waals surface area contributed by atoms with Gasteiger partial charge in [0.05, 0.1) is 25.4 Å². The minimum Gasteiger partial charge on any atom is -0.394 e. The van der Waals surface area contributed by atoms with Crippen molar-refractivity contribution in [2.75, 3.05) is 36.5 Å². The molecule has 112 valence electrons. The summed E-state index contributed by atoms with van der Waals surface area (Å²) >= 11 is 0. The molecular weight excluding hydrogens is 256 g/mol. The summed E-state index contributed by atoms with van der Waals surface area (Å²) in [5.74, 6) is 2.59. The SMILES string of the molecule is CCNc1cc(N2CC(CO)OCC2C)nc(CC)n1. The largest absolute Gasteiger partial charge is 0.394 e. The number of anilines is 2. The standard InChI is InChI=1S/C14H24N4O2/c1-4-12-16-13(15-5-2)6-14(17-12)18-7-11(8-19)20-9-10(18)3/h6,10-11,19H,4-5,7-9H2,1-3H3,(H,15,16,17). The minimum absolute atomic E-state index is 0.0367. The third kappa shape index (κ3) is 3.37. The maximum Gasteiger partial charge on any atom is 0.134 e. The lowest BCUT2D eigenvalue weighted by molar-refractivity contribution is -0.0105. The first-order valence-electron chi connectivity index (χ1n) is 7.28. The number of morpholine rings is 1. The van der Waals surface area contributed by atoms with Crippen molar-refractivity contribution < 1.29 is 9.84 Å². The Morgan fingerprint density at radius 1 is 1.45 bits per heavy atom. The molecule has 1 aliphatic rings. The zero-order valence-electron chi connectivity index (χ0n) is 12.5. The van der Waals surface area contributed by atoms with E-state index in [0.29, 0.717) is 13.2 Å². The first-order valence-corrected chi connectivity index (χ1v) is 7.28. The fourth-order valence-electron chi connectivity index (χ4n) is 2.31. The average molecular weight is 280 g/mol. The summed E-state index contributed by atoms with van der Waals surface area (Å²) in [4.78, 5) is 11.3. The number of nitrogens with one attached hydrogen (secondary N) is 1. The van der Waals surface area contributed by atoms with Gasteiger partial charge in [0, 0.05) is 25.6 Å². The molecule has 0 amide bonds. The average Bonchev–Trinajstić information content (AvgIpc) is 2.47. The Kier molecular flexibility index (Phi) is 5.14. The third-order valence-electron chi connectivity index (χ3n) is 3.44. The molecule has 1 aromatic heterocycles. The molecular formula is C14H24N4O2. The van der Waals surface area contributed by atoms with E-state index in [0.717, 1.165) is 30.4 Å². The van der Waals surface area contributed by atoms with Gasteiger partial charge in [0.15, 0.2) is 0 Å². The number of aliphatic hydroxyl groups excluding tert-OH is 1. The van der Waals surface area contributed by atoms with Gasteiger partial charge in [-0.1, -0.05) is 6.92 Å². The molecule has 2 atom stereocenters. The van der Waals surface area contributed by atoms with Crippen LogP contribution in [0.25, 0.3) is 0 Å². The van der Waals surface area contributed by atoms with Crippen LogP contribution in [-0.2, 0) is 11.2 Å². The summed E-state index contributed by atoms with van der Waals surface area (Å²) < 4.78 is 5.57. The summed E-state index contributed by atoms with van der Waals surface area (Å²) in [5, 5.41) is 12.5. The summed E-state index contributed by atoms with van der Waals surface area (Å²) in [6, 6.07) is 2.21. The van der Waals surface area contributed by atoms with E-state index < -0.39 is 0 Å². The van der Waals surface area contributed by atoms with Crippen molar-refractivity contribution in [1.82, 2.24) is 9.97 Å². The van der Waals surface area contributed by atoms with E-state index in [4.69, 9.17) is 4.74 Å². The highest BCUT2D eigenvalue weighted by molar-refractivity contribution is 5.50. The van der Waals surface area contributed by atoms with E-state index in [1.807, 2.05) is 19.9 Å². The molecule has 2 rings (SSSR count). The Labute approximate surface area is 120 Å². The van der Waals surface area contributed by atoms with Crippen LogP contribution in [0.1, 0.15) is 26.6 Å². The van der Waals surface area contributed by atoms with Gasteiger partial charge in [0.25, 0.3) is 0 Å². The van der Waals surface area contributed by atoms with Crippen molar-refractivity contribution in [3.05, 3.63) is 11.9 Å². The predicted octanol–water partition coefficient (Wildman–Crippen LogP) is 1.06. The second-order valence-electron chi connectivity index (χ2n) is 5.05. The van der Waals surface area contributed by atoms with Gasteiger partial charge >= 0.3 is 0 Å². The van der Waals surface area contributed by atoms with Crippen molar-refractivity contribution in [3.8, 4) is 0 Å². The summed E-state index contributed by atoms with van der Waals surface area (Å²) in [5.41, 5.74) is 0. The van der Waals surface area contributed by atoms with Crippen molar-refractivity contribution in [1.29, 1.82) is 0 Å². The predicted molar refractivity (Wildman–Crippen MR) is 79.2 cm³/mol. The number of aliphatic hydroxyl groups is 1. The lowest BCUT2D eigenvalue weighted by Gasteiger charge is -2.38. The molecule has 6 heteroatoms. The van der Waals surface area contributed by atoms with Gasteiger partial charge in [-0.15, -0.1) is 0 Å². The summed E-state index contributed by atoms with van der Waals surface area (Å²) in [6.07, 6.45) is 0.655. The molecule has 0 saturated carbocycles. The smallest absolute Gasteiger partial charge is 0.134 e. The topological polar surface area (TPSA) is 70.5 Å². The van der Waals surface area contributed by atoms with E-state index in [1.54, 1.807) is 0 Å². The van der Waals surface area contributed by atoms with E-state index in [2.05, 4.69) is 27.1 Å². The number of rotatable bonds is 5. The van der Waals surface area contributed by atoms with E-state index in [-0.39, 0.29) is 18.8 Å². The number of hydrogen-bond acceptors (Lipinski definition) is 6. The van der Waals surface area contributed by atoms with Crippen LogP contribution in [0.3, 0.4) is 0 Å². The van der Waals surface area contributed by atoms with E-state index >= 15 is 0 Å². The van der Waals surface area contributed by atoms with Crippen LogP contribution in [-0.4, -0.2) is 53.5 Å². The van der Waals surface area contributed by atoms with Crippen LogP contribution < -0.4 is 10.2 Å². The fraction of sp³-hybridized carbons (Fsp3) is 0.714. The normalized spacial score (nSPS) is 22.9. The van der Waals surface area contributed by atoms with Gasteiger partial charge < -0.3 is 20.1 Å². The van der Waals surface area contributed by atoms with E-state index in [9.17, 15) is 5.11 Å². The highest BCUT2D eigenvalue weighted by atomic mass is 16.5. The number of hydrogen-bond donors (Lipinski definition) is 2. The Morgan fingerprint density at radius 3 is 2.90 bits per heavy atom. The van der Waals surface area contributed by atoms with Crippen LogP contribution in [0.15, 0.2) is 6.07 Å². The molecule has 1 aliphatic heterocycles. The Bertz CT molecular complexity index is 441. The molecule has 0 bridgehead atoms. The quantitative estimate of drug-likeness (QED) is 0.840. The van der Waals surface area contributed by atoms with E-state index in [1.165, 1.54) is 0 Å². The molecule has 0 spiro atoms. The molecule has 2 N–H and O–H groups in total. The Hall–Kier alpha value is -1.40. The molecule has 6 nitrogen and oxygen atoms in total. The lowest BCUT2D eigenvalue weighted by atomic mass is 10.2. The molecule has 20 heavy (non-hydrogen) atoms. The maximum absolute atomic E-state index is 9.28. The molecule has 2 heterocycles. The monoisotopic (exact) mass is 280 g/mol. The molecule has 2 unspecified atom stereocenters. The molecule has 1 saturated heterocycles. The fourth-order valence-corrected chi connectivity index (χ4v) is 2.31. The molecule has 0 radical (unpaired) electrons. The van der Waals surface area contributed by atoms with Crippen LogP contribution in [0.4, 0.5) is 11.6 Å². The summed E-state index contributed by atoms with van der Waals surface area (Å²) in [6.45, 7) is 8.33. The van der Waals surface area contributed by atoms with Gasteiger partial charge in [-0.3, -0.25) is 0 Å². The van der Waals surface area contributed by atoms with Crippen molar-refractivity contribution >= 4 is 11.6 Å². The zero-order chi connectivity index (χ0) is 14.5. The summed E-state index contributed by atoms with van der Waals surface area (Å²) in [7, 11) is 0. The second kappa shape index (κ2) is 6.85. The van der Waals surface area contributed by atoms with Gasteiger partial charge in [-0.2, -0.15) is 0 Å². The Balaban J connectivity index is 2.26. The van der Waals surface area contributed by atoms with Gasteiger partial charge in [-0.25, -0.2) is 9.97 Å². The minimum atomic E-state index is -0.145. The Morgan fingerprint density at radius 2 is 2.25 bits per heavy atom. The highest BCUT2D eigenvalue weighted by Crippen LogP contribution is 2.22. The highest BCUT2D eigenvalue weighted by Gasteiger charge is 2.27. The van der Waals surface area contributed by atoms with Gasteiger partial charge in [0.1, 0.15) is 17.5 Å². The second-order valence-corrected chi connectivity index (χ2v) is 5.05. The van der Waals surface area contributed by atoms with Crippen molar-refractivity contribution in [2.45, 2.75) is 39.3 Å². The van der Waals surface area contributed by atoms with Gasteiger partial charge in [0.2, 0.25) is 0 Å². The van der Waals surface area contributed by atoms with Crippen LogP contribution >= 0.6 is 0 Å². The first kappa shape index (κ1) is 15.0. The van der Waals surface area contributed by atoms with Crippen LogP contribution in [0, 0.1) is 0 Å². The maximum atomic E-state index is 9.28. The van der Waals surface area contributed by atoms with Crippen LogP contribution in [0.2, 0.25) is 0 Å². The lowest BCUT2D eigenvalue weighted by Crippen LogP contribution is -2.50. The number of aromatic nitrogens is 2. The van der Waals surface area contributed by atoms with Crippen molar-refractivity contribution in [3.63, 3.8) is 0 Å². The third-order valence-corrected chi connectivity index (χ3v) is 3.44. The zero-order valence-corrected chi connectivity index (χ0v) is 12.5. The number of nitrogens with zero attached hydrogens (tertiary/aromatic N) is 3.